The van der Waals surface area contributed by atoms with Crippen LogP contribution < -0.4 is 5.32 Å². The lowest BCUT2D eigenvalue weighted by Crippen LogP contribution is -2.54. The molecular formula is C18H27N3O3. The van der Waals surface area contributed by atoms with E-state index in [-0.39, 0.29) is 11.8 Å². The minimum atomic E-state index is -0.516. The predicted molar refractivity (Wildman–Crippen MR) is 90.6 cm³/mol. The highest BCUT2D eigenvalue weighted by atomic mass is 16.3. The van der Waals surface area contributed by atoms with Crippen molar-refractivity contribution in [1.29, 1.82) is 0 Å². The van der Waals surface area contributed by atoms with Gasteiger partial charge in [-0.1, -0.05) is 6.92 Å². The Bertz CT molecular complexity index is 560. The average Bonchev–Trinajstić information content (AvgIpc) is 3.26. The monoisotopic (exact) mass is 333 g/mol. The van der Waals surface area contributed by atoms with Crippen molar-refractivity contribution in [3.63, 3.8) is 0 Å². The van der Waals surface area contributed by atoms with Crippen molar-refractivity contribution in [3.05, 3.63) is 24.2 Å². The first-order valence-corrected chi connectivity index (χ1v) is 8.97. The highest BCUT2D eigenvalue weighted by molar-refractivity contribution is 5.97. The van der Waals surface area contributed by atoms with Gasteiger partial charge in [0.1, 0.15) is 12.3 Å². The Balaban J connectivity index is 1.61. The molecule has 0 unspecified atom stereocenters. The quantitative estimate of drug-likeness (QED) is 0.863. The smallest absolute Gasteiger partial charge is 0.255 e. The Morgan fingerprint density at radius 3 is 2.50 bits per heavy atom. The molecule has 2 heterocycles. The summed E-state index contributed by atoms with van der Waals surface area (Å²) in [5, 5.41) is 2.80. The van der Waals surface area contributed by atoms with E-state index < -0.39 is 6.04 Å². The average molecular weight is 333 g/mol. The number of hydrogen-bond acceptors (Lipinski definition) is 4. The molecule has 0 bridgehead atoms. The first-order valence-electron chi connectivity index (χ1n) is 8.97. The van der Waals surface area contributed by atoms with Gasteiger partial charge in [0.05, 0.1) is 11.8 Å². The zero-order chi connectivity index (χ0) is 17.1. The second-order valence-corrected chi connectivity index (χ2v) is 6.85. The predicted octanol–water partition coefficient (Wildman–Crippen LogP) is 1.87. The Morgan fingerprint density at radius 2 is 1.96 bits per heavy atom. The fourth-order valence-electron chi connectivity index (χ4n) is 3.48. The molecule has 1 aromatic rings. The Hall–Kier alpha value is -1.82. The van der Waals surface area contributed by atoms with E-state index in [2.05, 4.69) is 22.0 Å². The Morgan fingerprint density at radius 1 is 1.29 bits per heavy atom. The largest absolute Gasteiger partial charge is 0.472 e. The number of carbonyl (C=O) groups excluding carboxylic acids is 2. The SMILES string of the molecule is CCN1CCC(N(C(=O)[C@@H](C)NC(=O)c2ccoc2)C2CC2)CC1. The minimum absolute atomic E-state index is 0.0456. The van der Waals surface area contributed by atoms with Gasteiger partial charge in [0, 0.05) is 25.2 Å². The molecule has 1 aromatic heterocycles. The molecule has 2 fully saturated rings. The molecule has 2 aliphatic rings. The van der Waals surface area contributed by atoms with Crippen LogP contribution in [0.25, 0.3) is 0 Å². The summed E-state index contributed by atoms with van der Waals surface area (Å²) in [6.07, 6.45) is 7.08. The summed E-state index contributed by atoms with van der Waals surface area (Å²) in [7, 11) is 0. The summed E-state index contributed by atoms with van der Waals surface area (Å²) >= 11 is 0. The highest BCUT2D eigenvalue weighted by Gasteiger charge is 2.40. The lowest BCUT2D eigenvalue weighted by Gasteiger charge is -2.39. The lowest BCUT2D eigenvalue weighted by molar-refractivity contribution is -0.137. The van der Waals surface area contributed by atoms with Crippen molar-refractivity contribution >= 4 is 11.8 Å². The number of nitrogens with zero attached hydrogens (tertiary/aromatic N) is 2. The minimum Gasteiger partial charge on any atom is -0.472 e. The molecule has 0 spiro atoms. The van der Waals surface area contributed by atoms with Crippen LogP contribution in [0.5, 0.6) is 0 Å². The van der Waals surface area contributed by atoms with Gasteiger partial charge in [0.25, 0.3) is 5.91 Å². The second kappa shape index (κ2) is 7.38. The van der Waals surface area contributed by atoms with E-state index in [1.165, 1.54) is 12.5 Å². The van der Waals surface area contributed by atoms with Crippen LogP contribution in [0.2, 0.25) is 0 Å². The molecule has 3 rings (SSSR count). The number of piperidine rings is 1. The van der Waals surface area contributed by atoms with Gasteiger partial charge in [-0.25, -0.2) is 0 Å². The molecule has 1 saturated carbocycles. The highest BCUT2D eigenvalue weighted by Crippen LogP contribution is 2.32. The zero-order valence-electron chi connectivity index (χ0n) is 14.5. The fraction of sp³-hybridized carbons (Fsp3) is 0.667. The Labute approximate surface area is 143 Å². The van der Waals surface area contributed by atoms with Crippen molar-refractivity contribution < 1.29 is 14.0 Å². The van der Waals surface area contributed by atoms with Gasteiger partial charge in [0.15, 0.2) is 0 Å². The van der Waals surface area contributed by atoms with E-state index in [4.69, 9.17) is 4.42 Å². The molecule has 1 N–H and O–H groups in total. The standard InChI is InChI=1S/C18H27N3O3/c1-3-20-9-6-16(7-10-20)21(15-4-5-15)18(23)13(2)19-17(22)14-8-11-24-12-14/h8,11-13,15-16H,3-7,9-10H2,1-2H3,(H,19,22)/t13-/m1/s1. The van der Waals surface area contributed by atoms with Crippen molar-refractivity contribution in [3.8, 4) is 0 Å². The first kappa shape index (κ1) is 17.0. The molecule has 1 atom stereocenters. The third-order valence-corrected chi connectivity index (χ3v) is 5.09. The van der Waals surface area contributed by atoms with Gasteiger partial charge < -0.3 is 19.5 Å². The first-order chi connectivity index (χ1) is 11.6. The molecule has 2 amide bonds. The van der Waals surface area contributed by atoms with E-state index in [1.54, 1.807) is 13.0 Å². The zero-order valence-corrected chi connectivity index (χ0v) is 14.5. The van der Waals surface area contributed by atoms with Gasteiger partial charge in [0.2, 0.25) is 5.91 Å². The molecule has 1 aliphatic carbocycles. The third kappa shape index (κ3) is 3.80. The van der Waals surface area contributed by atoms with Crippen LogP contribution in [0.3, 0.4) is 0 Å². The van der Waals surface area contributed by atoms with Crippen molar-refractivity contribution in [2.45, 2.75) is 57.7 Å². The summed E-state index contributed by atoms with van der Waals surface area (Å²) in [6, 6.07) is 1.76. The van der Waals surface area contributed by atoms with Crippen LogP contribution in [0, 0.1) is 0 Å². The number of carbonyl (C=O) groups is 2. The van der Waals surface area contributed by atoms with Crippen LogP contribution >= 0.6 is 0 Å². The van der Waals surface area contributed by atoms with E-state index >= 15 is 0 Å². The van der Waals surface area contributed by atoms with E-state index in [9.17, 15) is 9.59 Å². The number of furan rings is 1. The van der Waals surface area contributed by atoms with Crippen molar-refractivity contribution in [1.82, 2.24) is 15.1 Å². The number of rotatable bonds is 6. The van der Waals surface area contributed by atoms with Gasteiger partial charge in [-0.15, -0.1) is 0 Å². The van der Waals surface area contributed by atoms with Crippen LogP contribution in [0.1, 0.15) is 49.9 Å². The Kier molecular flexibility index (Phi) is 5.23. The van der Waals surface area contributed by atoms with E-state index in [0.29, 0.717) is 17.6 Å². The molecule has 0 radical (unpaired) electrons. The molecular weight excluding hydrogens is 306 g/mol. The summed E-state index contributed by atoms with van der Waals surface area (Å²) in [5.41, 5.74) is 0.448. The van der Waals surface area contributed by atoms with E-state index in [1.807, 2.05) is 0 Å². The van der Waals surface area contributed by atoms with Crippen LogP contribution in [-0.2, 0) is 4.79 Å². The topological polar surface area (TPSA) is 65.8 Å². The van der Waals surface area contributed by atoms with Crippen LogP contribution in [-0.4, -0.2) is 59.4 Å². The summed E-state index contributed by atoms with van der Waals surface area (Å²) in [4.78, 5) is 29.6. The molecule has 132 valence electrons. The van der Waals surface area contributed by atoms with Crippen LogP contribution in [0.15, 0.2) is 23.0 Å². The molecule has 6 nitrogen and oxygen atoms in total. The second-order valence-electron chi connectivity index (χ2n) is 6.85. The van der Waals surface area contributed by atoms with Crippen molar-refractivity contribution in [2.24, 2.45) is 0 Å². The van der Waals surface area contributed by atoms with Gasteiger partial charge in [-0.3, -0.25) is 9.59 Å². The molecule has 0 aromatic carbocycles. The summed E-state index contributed by atoms with van der Waals surface area (Å²) in [6.45, 7) is 7.12. The van der Waals surface area contributed by atoms with Crippen molar-refractivity contribution in [2.75, 3.05) is 19.6 Å². The van der Waals surface area contributed by atoms with Crippen LogP contribution in [0.4, 0.5) is 0 Å². The fourth-order valence-corrected chi connectivity index (χ4v) is 3.48. The lowest BCUT2D eigenvalue weighted by atomic mass is 10.0. The maximum absolute atomic E-state index is 13.0. The van der Waals surface area contributed by atoms with Gasteiger partial charge in [-0.2, -0.15) is 0 Å². The molecule has 24 heavy (non-hydrogen) atoms. The number of amides is 2. The van der Waals surface area contributed by atoms with Gasteiger partial charge in [-0.05, 0) is 45.2 Å². The van der Waals surface area contributed by atoms with Gasteiger partial charge >= 0.3 is 0 Å². The number of nitrogens with one attached hydrogen (secondary N) is 1. The third-order valence-electron chi connectivity index (χ3n) is 5.09. The molecule has 1 saturated heterocycles. The summed E-state index contributed by atoms with van der Waals surface area (Å²) < 4.78 is 4.93. The van der Waals surface area contributed by atoms with E-state index in [0.717, 1.165) is 45.3 Å². The number of likely N-dealkylation sites (tertiary alicyclic amines) is 1. The maximum atomic E-state index is 13.0. The summed E-state index contributed by atoms with van der Waals surface area (Å²) in [5.74, 6) is -0.217. The molecule has 6 heteroatoms. The normalized spacial score (nSPS) is 20.6. The number of hydrogen-bond donors (Lipinski definition) is 1. The molecule has 1 aliphatic heterocycles. The maximum Gasteiger partial charge on any atom is 0.255 e.